The number of dihydropyridines is 1. The Morgan fingerprint density at radius 2 is 2.06 bits per heavy atom. The molecular formula is C29H42N2O4. The fourth-order valence-corrected chi connectivity index (χ4v) is 4.79. The van der Waals surface area contributed by atoms with E-state index in [1.807, 2.05) is 18.2 Å². The second-order valence-electron chi connectivity index (χ2n) is 9.77. The highest BCUT2D eigenvalue weighted by Crippen LogP contribution is 2.29. The van der Waals surface area contributed by atoms with Gasteiger partial charge in [0.25, 0.3) is 0 Å². The molecule has 1 aliphatic heterocycles. The smallest absolute Gasteiger partial charge is 0.161 e. The monoisotopic (exact) mass is 482 g/mol. The highest BCUT2D eigenvalue weighted by atomic mass is 16.5. The van der Waals surface area contributed by atoms with Gasteiger partial charge in [-0.2, -0.15) is 0 Å². The molecule has 1 aromatic carbocycles. The van der Waals surface area contributed by atoms with E-state index in [0.717, 1.165) is 50.6 Å². The third kappa shape index (κ3) is 8.83. The summed E-state index contributed by atoms with van der Waals surface area (Å²) in [6.07, 6.45) is 11.2. The molecule has 0 spiro atoms. The van der Waals surface area contributed by atoms with Crippen LogP contribution in [0.5, 0.6) is 11.5 Å². The molecule has 1 aromatic rings. The van der Waals surface area contributed by atoms with E-state index in [1.54, 1.807) is 6.07 Å². The van der Waals surface area contributed by atoms with Gasteiger partial charge in [0, 0.05) is 24.8 Å². The molecular weight excluding hydrogens is 440 g/mol. The summed E-state index contributed by atoms with van der Waals surface area (Å²) in [5.41, 5.74) is 7.98. The molecule has 2 aliphatic rings. The van der Waals surface area contributed by atoms with Gasteiger partial charge in [-0.3, -0.25) is 0 Å². The molecule has 6 N–H and O–H groups in total. The Morgan fingerprint density at radius 3 is 2.86 bits per heavy atom. The van der Waals surface area contributed by atoms with E-state index in [9.17, 15) is 15.3 Å². The first kappa shape index (κ1) is 27.0. The van der Waals surface area contributed by atoms with Gasteiger partial charge in [0.15, 0.2) is 11.5 Å². The number of hydrogen-bond donors (Lipinski definition) is 5. The minimum Gasteiger partial charge on any atom is -0.504 e. The van der Waals surface area contributed by atoms with Gasteiger partial charge in [-0.1, -0.05) is 37.8 Å². The van der Waals surface area contributed by atoms with E-state index in [2.05, 4.69) is 30.2 Å². The Balaban J connectivity index is 1.51. The Bertz CT molecular complexity index is 930. The maximum atomic E-state index is 10.9. The molecule has 35 heavy (non-hydrogen) atoms. The summed E-state index contributed by atoms with van der Waals surface area (Å²) in [4.78, 5) is 0. The molecule has 4 unspecified atom stereocenters. The number of aromatic hydroxyl groups is 1. The minimum atomic E-state index is -0.629. The highest BCUT2D eigenvalue weighted by Gasteiger charge is 2.26. The number of nitrogens with two attached hydrogens (primary N) is 1. The Morgan fingerprint density at radius 1 is 1.23 bits per heavy atom. The van der Waals surface area contributed by atoms with Crippen molar-refractivity contribution in [2.24, 2.45) is 17.6 Å². The van der Waals surface area contributed by atoms with E-state index in [0.29, 0.717) is 49.8 Å². The quantitative estimate of drug-likeness (QED) is 0.253. The van der Waals surface area contributed by atoms with E-state index < -0.39 is 12.2 Å². The zero-order valence-electron chi connectivity index (χ0n) is 21.0. The summed E-state index contributed by atoms with van der Waals surface area (Å²) in [6, 6.07) is 5.35. The first-order valence-electron chi connectivity index (χ1n) is 13.2. The van der Waals surface area contributed by atoms with Crippen molar-refractivity contribution in [1.29, 1.82) is 0 Å². The molecule has 0 aromatic heterocycles. The van der Waals surface area contributed by atoms with E-state index in [1.165, 1.54) is 5.57 Å². The number of rotatable bonds is 10. The van der Waals surface area contributed by atoms with Gasteiger partial charge in [-0.05, 0) is 74.3 Å². The van der Waals surface area contributed by atoms with Crippen LogP contribution in [0.3, 0.4) is 0 Å². The minimum absolute atomic E-state index is 0.114. The first-order valence-corrected chi connectivity index (χ1v) is 13.2. The molecule has 1 heterocycles. The summed E-state index contributed by atoms with van der Waals surface area (Å²) in [6.45, 7) is 3.41. The maximum absolute atomic E-state index is 10.9. The molecule has 4 atom stereocenters. The van der Waals surface area contributed by atoms with Crippen LogP contribution in [0, 0.1) is 23.7 Å². The van der Waals surface area contributed by atoms with Gasteiger partial charge in [-0.15, -0.1) is 5.92 Å². The number of aliphatic hydroxyl groups is 2. The second-order valence-corrected chi connectivity index (χ2v) is 9.77. The molecule has 0 saturated carbocycles. The standard InChI is InChI=1S/C29H42N2O4/c1-2-21-7-3-4-11-25(32)24(10-5-8-21)26(33)14-12-23-13-15-27(34)28(19-23)35-18-6-9-22-16-17-31-29(30)20-22/h13,15-16,19-21,24-26,31-34H,2-4,6-7,9-12,14,17-18,30H2,1H3. The summed E-state index contributed by atoms with van der Waals surface area (Å²) in [7, 11) is 0. The van der Waals surface area contributed by atoms with Gasteiger partial charge in [0.2, 0.25) is 0 Å². The average molecular weight is 483 g/mol. The Hall–Kier alpha value is -2.62. The molecule has 6 heteroatoms. The van der Waals surface area contributed by atoms with Crippen LogP contribution in [-0.4, -0.2) is 40.7 Å². The topological polar surface area (TPSA) is 108 Å². The zero-order valence-corrected chi connectivity index (χ0v) is 21.0. The fourth-order valence-electron chi connectivity index (χ4n) is 4.79. The fraction of sp³-hybridized carbons (Fsp3) is 0.586. The third-order valence-corrected chi connectivity index (χ3v) is 7.06. The van der Waals surface area contributed by atoms with Crippen molar-refractivity contribution in [3.8, 4) is 23.3 Å². The Labute approximate surface area is 210 Å². The molecule has 6 nitrogen and oxygen atoms in total. The number of ether oxygens (including phenoxy) is 1. The molecule has 0 fully saturated rings. The van der Waals surface area contributed by atoms with Crippen LogP contribution in [0.1, 0.15) is 70.3 Å². The van der Waals surface area contributed by atoms with Crippen LogP contribution in [0.15, 0.2) is 41.7 Å². The number of nitrogens with one attached hydrogen (secondary N) is 1. The van der Waals surface area contributed by atoms with Crippen LogP contribution in [0.2, 0.25) is 0 Å². The zero-order chi connectivity index (χ0) is 25.0. The number of aliphatic hydroxyl groups excluding tert-OH is 2. The Kier molecular flexibility index (Phi) is 10.8. The van der Waals surface area contributed by atoms with E-state index >= 15 is 0 Å². The predicted molar refractivity (Wildman–Crippen MR) is 140 cm³/mol. The predicted octanol–water partition coefficient (Wildman–Crippen LogP) is 4.15. The maximum Gasteiger partial charge on any atom is 0.161 e. The SMILES string of the molecule is CCC1C#CCC(C(O)CCc2ccc(O)c(OCCCC3=CCNC(N)=C3)c2)C(O)CCCC1. The van der Waals surface area contributed by atoms with Crippen LogP contribution in [0.25, 0.3) is 0 Å². The molecule has 0 bridgehead atoms. The van der Waals surface area contributed by atoms with Gasteiger partial charge in [-0.25, -0.2) is 0 Å². The van der Waals surface area contributed by atoms with E-state index in [-0.39, 0.29) is 11.7 Å². The van der Waals surface area contributed by atoms with Crippen LogP contribution in [-0.2, 0) is 6.42 Å². The van der Waals surface area contributed by atoms with Gasteiger partial charge >= 0.3 is 0 Å². The highest BCUT2D eigenvalue weighted by molar-refractivity contribution is 5.42. The number of phenols is 1. The summed E-state index contributed by atoms with van der Waals surface area (Å²) < 4.78 is 5.85. The molecule has 192 valence electrons. The number of benzene rings is 1. The number of allylic oxidation sites excluding steroid dienone is 2. The lowest BCUT2D eigenvalue weighted by atomic mass is 9.85. The van der Waals surface area contributed by atoms with Crippen molar-refractivity contribution in [2.45, 2.75) is 83.3 Å². The second kappa shape index (κ2) is 14.1. The van der Waals surface area contributed by atoms with Crippen molar-refractivity contribution >= 4 is 0 Å². The van der Waals surface area contributed by atoms with Gasteiger partial charge in [0.05, 0.1) is 24.6 Å². The van der Waals surface area contributed by atoms with E-state index in [4.69, 9.17) is 10.5 Å². The normalized spacial score (nSPS) is 23.7. The number of aryl methyl sites for hydroxylation is 1. The third-order valence-electron chi connectivity index (χ3n) is 7.06. The molecule has 0 saturated heterocycles. The largest absolute Gasteiger partial charge is 0.504 e. The number of phenolic OH excluding ortho intramolecular Hbond substituents is 1. The summed E-state index contributed by atoms with van der Waals surface area (Å²) >= 11 is 0. The lowest BCUT2D eigenvalue weighted by Gasteiger charge is -2.27. The van der Waals surface area contributed by atoms with Crippen molar-refractivity contribution in [2.75, 3.05) is 13.2 Å². The van der Waals surface area contributed by atoms with Crippen molar-refractivity contribution in [3.63, 3.8) is 0 Å². The average Bonchev–Trinajstić information content (AvgIpc) is 2.85. The van der Waals surface area contributed by atoms with Crippen LogP contribution in [0.4, 0.5) is 0 Å². The van der Waals surface area contributed by atoms with Crippen LogP contribution < -0.4 is 15.8 Å². The van der Waals surface area contributed by atoms with Crippen LogP contribution >= 0.6 is 0 Å². The molecule has 0 amide bonds. The lowest BCUT2D eigenvalue weighted by Crippen LogP contribution is -2.32. The summed E-state index contributed by atoms with van der Waals surface area (Å²) in [5, 5.41) is 34.9. The molecule has 3 rings (SSSR count). The van der Waals surface area contributed by atoms with Gasteiger partial charge in [0.1, 0.15) is 0 Å². The summed E-state index contributed by atoms with van der Waals surface area (Å²) in [5.74, 6) is 8.04. The number of hydrogen-bond acceptors (Lipinski definition) is 6. The van der Waals surface area contributed by atoms with Gasteiger partial charge < -0.3 is 31.1 Å². The first-order chi connectivity index (χ1) is 17.0. The molecule has 1 aliphatic carbocycles. The lowest BCUT2D eigenvalue weighted by molar-refractivity contribution is 0.00560. The molecule has 0 radical (unpaired) electrons. The van der Waals surface area contributed by atoms with Crippen molar-refractivity contribution in [1.82, 2.24) is 5.32 Å². The van der Waals surface area contributed by atoms with Crippen molar-refractivity contribution in [3.05, 3.63) is 47.3 Å². The van der Waals surface area contributed by atoms with Crippen molar-refractivity contribution < 1.29 is 20.1 Å².